The van der Waals surface area contributed by atoms with Gasteiger partial charge in [0.2, 0.25) is 0 Å². The van der Waals surface area contributed by atoms with Crippen LogP contribution in [0.25, 0.3) is 0 Å². The first-order valence-corrected chi connectivity index (χ1v) is 5.10. The van der Waals surface area contributed by atoms with Crippen molar-refractivity contribution in [2.45, 2.75) is 32.9 Å². The van der Waals surface area contributed by atoms with E-state index in [1.165, 1.54) is 0 Å². The van der Waals surface area contributed by atoms with E-state index in [-0.39, 0.29) is 11.4 Å². The fraction of sp³-hybridized carbons (Fsp3) is 0.417. The molecule has 3 heteroatoms. The SMILES string of the molecule is CC(C)(C)N1Cc2c(N)cccc2C1=O. The Morgan fingerprint density at radius 3 is 2.53 bits per heavy atom. The van der Waals surface area contributed by atoms with Crippen molar-refractivity contribution in [2.24, 2.45) is 0 Å². The van der Waals surface area contributed by atoms with Crippen LogP contribution in [0.5, 0.6) is 0 Å². The van der Waals surface area contributed by atoms with Crippen molar-refractivity contribution in [1.82, 2.24) is 4.90 Å². The lowest BCUT2D eigenvalue weighted by Gasteiger charge is -2.31. The van der Waals surface area contributed by atoms with E-state index in [0.717, 1.165) is 11.1 Å². The number of anilines is 1. The summed E-state index contributed by atoms with van der Waals surface area (Å²) in [5.74, 6) is 0.0878. The number of nitrogen functional groups attached to an aromatic ring is 1. The average Bonchev–Trinajstić information content (AvgIpc) is 2.45. The summed E-state index contributed by atoms with van der Waals surface area (Å²) in [5, 5.41) is 0. The molecule has 15 heavy (non-hydrogen) atoms. The molecular weight excluding hydrogens is 188 g/mol. The Kier molecular flexibility index (Phi) is 2.00. The summed E-state index contributed by atoms with van der Waals surface area (Å²) in [6.07, 6.45) is 0. The molecule has 0 saturated heterocycles. The molecule has 1 aromatic carbocycles. The molecule has 1 aliphatic heterocycles. The van der Waals surface area contributed by atoms with Crippen LogP contribution in [0.1, 0.15) is 36.7 Å². The molecule has 0 bridgehead atoms. The summed E-state index contributed by atoms with van der Waals surface area (Å²) in [6.45, 7) is 6.73. The van der Waals surface area contributed by atoms with Gasteiger partial charge in [0.15, 0.2) is 0 Å². The van der Waals surface area contributed by atoms with E-state index in [9.17, 15) is 4.79 Å². The second-order valence-corrected chi connectivity index (χ2v) is 4.94. The van der Waals surface area contributed by atoms with Crippen molar-refractivity contribution in [1.29, 1.82) is 0 Å². The van der Waals surface area contributed by atoms with Crippen LogP contribution in [-0.2, 0) is 6.54 Å². The van der Waals surface area contributed by atoms with Crippen LogP contribution in [0.2, 0.25) is 0 Å². The summed E-state index contributed by atoms with van der Waals surface area (Å²) < 4.78 is 0. The standard InChI is InChI=1S/C12H16N2O/c1-12(2,3)14-7-9-8(11(14)15)5-4-6-10(9)13/h4-6H,7,13H2,1-3H3. The Morgan fingerprint density at radius 1 is 1.33 bits per heavy atom. The first-order valence-electron chi connectivity index (χ1n) is 5.10. The predicted octanol–water partition coefficient (Wildman–Crippen LogP) is 2.02. The minimum atomic E-state index is -0.150. The van der Waals surface area contributed by atoms with E-state index < -0.39 is 0 Å². The van der Waals surface area contributed by atoms with Gasteiger partial charge in [0.1, 0.15) is 0 Å². The third kappa shape index (κ3) is 1.48. The number of nitrogens with zero attached hydrogens (tertiary/aromatic N) is 1. The zero-order chi connectivity index (χ0) is 11.2. The molecule has 1 heterocycles. The average molecular weight is 204 g/mol. The van der Waals surface area contributed by atoms with Gasteiger partial charge in [-0.05, 0) is 32.9 Å². The Bertz CT molecular complexity index is 418. The summed E-state index contributed by atoms with van der Waals surface area (Å²) in [6, 6.07) is 5.52. The van der Waals surface area contributed by atoms with Gasteiger partial charge in [0.05, 0.1) is 0 Å². The molecule has 1 aliphatic rings. The molecule has 1 amide bonds. The van der Waals surface area contributed by atoms with Gasteiger partial charge in [-0.1, -0.05) is 6.07 Å². The Hall–Kier alpha value is -1.51. The lowest BCUT2D eigenvalue weighted by atomic mass is 10.1. The van der Waals surface area contributed by atoms with Crippen LogP contribution >= 0.6 is 0 Å². The quantitative estimate of drug-likeness (QED) is 0.657. The highest BCUT2D eigenvalue weighted by atomic mass is 16.2. The van der Waals surface area contributed by atoms with Crippen LogP contribution in [0.15, 0.2) is 18.2 Å². The third-order valence-electron chi connectivity index (χ3n) is 2.81. The molecule has 0 aromatic heterocycles. The zero-order valence-electron chi connectivity index (χ0n) is 9.37. The summed E-state index contributed by atoms with van der Waals surface area (Å²) in [5.41, 5.74) is 8.15. The molecule has 0 atom stereocenters. The van der Waals surface area contributed by atoms with Crippen LogP contribution in [-0.4, -0.2) is 16.3 Å². The van der Waals surface area contributed by atoms with Crippen molar-refractivity contribution in [3.63, 3.8) is 0 Å². The molecule has 80 valence electrons. The number of benzene rings is 1. The molecular formula is C12H16N2O. The third-order valence-corrected chi connectivity index (χ3v) is 2.81. The van der Waals surface area contributed by atoms with Crippen LogP contribution < -0.4 is 5.73 Å². The molecule has 0 aliphatic carbocycles. The molecule has 2 N–H and O–H groups in total. The number of hydrogen-bond acceptors (Lipinski definition) is 2. The molecule has 0 spiro atoms. The van der Waals surface area contributed by atoms with Crippen molar-refractivity contribution in [3.05, 3.63) is 29.3 Å². The Balaban J connectivity index is 2.46. The van der Waals surface area contributed by atoms with E-state index in [1.807, 2.05) is 43.9 Å². The maximum Gasteiger partial charge on any atom is 0.255 e. The van der Waals surface area contributed by atoms with E-state index in [2.05, 4.69) is 0 Å². The van der Waals surface area contributed by atoms with E-state index in [4.69, 9.17) is 5.73 Å². The van der Waals surface area contributed by atoms with Crippen LogP contribution in [0.3, 0.4) is 0 Å². The maximum atomic E-state index is 12.1. The minimum absolute atomic E-state index is 0.0878. The van der Waals surface area contributed by atoms with Gasteiger partial charge in [-0.15, -0.1) is 0 Å². The second-order valence-electron chi connectivity index (χ2n) is 4.94. The highest BCUT2D eigenvalue weighted by molar-refractivity contribution is 6.00. The Morgan fingerprint density at radius 2 is 2.00 bits per heavy atom. The van der Waals surface area contributed by atoms with Crippen molar-refractivity contribution >= 4 is 11.6 Å². The number of amides is 1. The van der Waals surface area contributed by atoms with Gasteiger partial charge in [-0.2, -0.15) is 0 Å². The van der Waals surface area contributed by atoms with Gasteiger partial charge >= 0.3 is 0 Å². The van der Waals surface area contributed by atoms with Crippen LogP contribution in [0.4, 0.5) is 5.69 Å². The summed E-state index contributed by atoms with van der Waals surface area (Å²) >= 11 is 0. The largest absolute Gasteiger partial charge is 0.398 e. The first-order chi connectivity index (χ1) is 6.91. The maximum absolute atomic E-state index is 12.1. The smallest absolute Gasteiger partial charge is 0.255 e. The highest BCUT2D eigenvalue weighted by Crippen LogP contribution is 2.31. The summed E-state index contributed by atoms with van der Waals surface area (Å²) in [7, 11) is 0. The number of carbonyl (C=O) groups excluding carboxylic acids is 1. The lowest BCUT2D eigenvalue weighted by molar-refractivity contribution is 0.0610. The number of fused-ring (bicyclic) bond motifs is 1. The first kappa shape index (κ1) is 10.0. The fourth-order valence-corrected chi connectivity index (χ4v) is 1.90. The topological polar surface area (TPSA) is 46.3 Å². The Labute approximate surface area is 89.9 Å². The van der Waals surface area contributed by atoms with Gasteiger partial charge in [-0.3, -0.25) is 4.79 Å². The lowest BCUT2D eigenvalue weighted by Crippen LogP contribution is -2.41. The normalized spacial score (nSPS) is 15.7. The van der Waals surface area contributed by atoms with Gasteiger partial charge in [0.25, 0.3) is 5.91 Å². The van der Waals surface area contributed by atoms with Gasteiger partial charge in [0, 0.05) is 28.9 Å². The predicted molar refractivity (Wildman–Crippen MR) is 60.5 cm³/mol. The van der Waals surface area contributed by atoms with Crippen molar-refractivity contribution < 1.29 is 4.79 Å². The van der Waals surface area contributed by atoms with Gasteiger partial charge in [-0.25, -0.2) is 0 Å². The van der Waals surface area contributed by atoms with E-state index in [0.29, 0.717) is 12.2 Å². The van der Waals surface area contributed by atoms with E-state index >= 15 is 0 Å². The molecule has 2 rings (SSSR count). The number of hydrogen-bond donors (Lipinski definition) is 1. The molecule has 1 aromatic rings. The van der Waals surface area contributed by atoms with Crippen LogP contribution in [0, 0.1) is 0 Å². The molecule has 0 fully saturated rings. The fourth-order valence-electron chi connectivity index (χ4n) is 1.90. The summed E-state index contributed by atoms with van der Waals surface area (Å²) in [4.78, 5) is 13.9. The van der Waals surface area contributed by atoms with Crippen molar-refractivity contribution in [2.75, 3.05) is 5.73 Å². The number of carbonyl (C=O) groups is 1. The van der Waals surface area contributed by atoms with Gasteiger partial charge < -0.3 is 10.6 Å². The molecule has 0 saturated carbocycles. The monoisotopic (exact) mass is 204 g/mol. The molecule has 0 unspecified atom stereocenters. The zero-order valence-corrected chi connectivity index (χ0v) is 9.37. The van der Waals surface area contributed by atoms with Crippen molar-refractivity contribution in [3.8, 4) is 0 Å². The number of rotatable bonds is 0. The highest BCUT2D eigenvalue weighted by Gasteiger charge is 2.35. The second kappa shape index (κ2) is 2.99. The minimum Gasteiger partial charge on any atom is -0.398 e. The number of nitrogens with two attached hydrogens (primary N) is 1. The van der Waals surface area contributed by atoms with E-state index in [1.54, 1.807) is 0 Å². The molecule has 3 nitrogen and oxygen atoms in total. The molecule has 0 radical (unpaired) electrons.